The van der Waals surface area contributed by atoms with Gasteiger partial charge in [0.15, 0.2) is 0 Å². The van der Waals surface area contributed by atoms with E-state index in [0.29, 0.717) is 25.2 Å². The number of rotatable bonds is 13. The van der Waals surface area contributed by atoms with E-state index in [9.17, 15) is 9.90 Å². The standard InChI is InChI=1S/C26H51NO3/c1-8-20(17-22(28)25(5,6)19-24(3,4)9-2)18-26(27,23(29)30-7)16-15-21-13-11-10-12-14-21/h20-22,28H,8-19,27H2,1-7H3/t20-,22+,26+/m0/s1. The molecule has 0 aliphatic heterocycles. The van der Waals surface area contributed by atoms with Gasteiger partial charge in [-0.2, -0.15) is 0 Å². The van der Waals surface area contributed by atoms with Crippen molar-refractivity contribution in [2.45, 2.75) is 130 Å². The molecule has 0 heterocycles. The van der Waals surface area contributed by atoms with Gasteiger partial charge in [0.25, 0.3) is 0 Å². The summed E-state index contributed by atoms with van der Waals surface area (Å²) >= 11 is 0. The molecule has 1 aliphatic carbocycles. The molecule has 0 aromatic carbocycles. The van der Waals surface area contributed by atoms with Crippen molar-refractivity contribution in [1.29, 1.82) is 0 Å². The zero-order valence-electron chi connectivity index (χ0n) is 21.1. The number of carbonyl (C=O) groups excluding carboxylic acids is 1. The maximum Gasteiger partial charge on any atom is 0.325 e. The van der Waals surface area contributed by atoms with Crippen LogP contribution in [0.1, 0.15) is 119 Å². The number of nitrogens with two attached hydrogens (primary N) is 1. The van der Waals surface area contributed by atoms with E-state index >= 15 is 0 Å². The number of ether oxygens (including phenoxy) is 1. The molecule has 3 N–H and O–H groups in total. The summed E-state index contributed by atoms with van der Waals surface area (Å²) in [5.74, 6) is 0.601. The highest BCUT2D eigenvalue weighted by molar-refractivity contribution is 5.80. The minimum absolute atomic E-state index is 0.169. The first-order chi connectivity index (χ1) is 13.9. The highest BCUT2D eigenvalue weighted by Crippen LogP contribution is 2.41. The van der Waals surface area contributed by atoms with Gasteiger partial charge in [-0.3, -0.25) is 4.79 Å². The highest BCUT2D eigenvalue weighted by atomic mass is 16.5. The molecule has 4 nitrogen and oxygen atoms in total. The minimum atomic E-state index is -0.945. The van der Waals surface area contributed by atoms with Gasteiger partial charge in [0.2, 0.25) is 0 Å². The van der Waals surface area contributed by atoms with Crippen molar-refractivity contribution in [3.05, 3.63) is 0 Å². The molecule has 0 spiro atoms. The molecule has 30 heavy (non-hydrogen) atoms. The maximum atomic E-state index is 12.7. The van der Waals surface area contributed by atoms with E-state index in [-0.39, 0.29) is 22.7 Å². The van der Waals surface area contributed by atoms with Crippen LogP contribution in [0.3, 0.4) is 0 Å². The molecule has 1 saturated carbocycles. The first kappa shape index (κ1) is 27.4. The topological polar surface area (TPSA) is 72.5 Å². The third kappa shape index (κ3) is 8.49. The van der Waals surface area contributed by atoms with Crippen LogP contribution in [0.15, 0.2) is 0 Å². The summed E-state index contributed by atoms with van der Waals surface area (Å²) in [6, 6.07) is 0. The fourth-order valence-electron chi connectivity index (χ4n) is 5.45. The first-order valence-electron chi connectivity index (χ1n) is 12.4. The van der Waals surface area contributed by atoms with Crippen LogP contribution in [0.4, 0.5) is 0 Å². The minimum Gasteiger partial charge on any atom is -0.468 e. The molecule has 4 heteroatoms. The molecule has 0 aromatic heterocycles. The van der Waals surface area contributed by atoms with Crippen LogP contribution in [0.2, 0.25) is 0 Å². The van der Waals surface area contributed by atoms with Crippen molar-refractivity contribution >= 4 is 5.97 Å². The van der Waals surface area contributed by atoms with Gasteiger partial charge in [-0.15, -0.1) is 0 Å². The fraction of sp³-hybridized carbons (Fsp3) is 0.962. The van der Waals surface area contributed by atoms with Gasteiger partial charge >= 0.3 is 5.97 Å². The van der Waals surface area contributed by atoms with E-state index in [0.717, 1.165) is 25.7 Å². The summed E-state index contributed by atoms with van der Waals surface area (Å²) in [5, 5.41) is 11.1. The Hall–Kier alpha value is -0.610. The predicted octanol–water partition coefficient (Wildman–Crippen LogP) is 6.24. The molecule has 178 valence electrons. The van der Waals surface area contributed by atoms with Crippen molar-refractivity contribution in [1.82, 2.24) is 0 Å². The van der Waals surface area contributed by atoms with Gasteiger partial charge in [-0.25, -0.2) is 0 Å². The van der Waals surface area contributed by atoms with E-state index in [1.165, 1.54) is 39.2 Å². The smallest absolute Gasteiger partial charge is 0.325 e. The van der Waals surface area contributed by atoms with E-state index in [1.54, 1.807) is 0 Å². The van der Waals surface area contributed by atoms with E-state index in [2.05, 4.69) is 41.5 Å². The van der Waals surface area contributed by atoms with Crippen molar-refractivity contribution < 1.29 is 14.6 Å². The van der Waals surface area contributed by atoms with Crippen molar-refractivity contribution in [3.63, 3.8) is 0 Å². The second kappa shape index (κ2) is 11.9. The fourth-order valence-corrected chi connectivity index (χ4v) is 5.45. The third-order valence-corrected chi connectivity index (χ3v) is 7.90. The summed E-state index contributed by atoms with van der Waals surface area (Å²) < 4.78 is 5.13. The number of carbonyl (C=O) groups is 1. The molecule has 0 unspecified atom stereocenters. The summed E-state index contributed by atoms with van der Waals surface area (Å²) in [4.78, 5) is 12.7. The van der Waals surface area contributed by atoms with Crippen LogP contribution >= 0.6 is 0 Å². The Bertz CT molecular complexity index is 510. The van der Waals surface area contributed by atoms with Crippen molar-refractivity contribution in [2.24, 2.45) is 28.4 Å². The van der Waals surface area contributed by atoms with Gasteiger partial charge < -0.3 is 15.6 Å². The lowest BCUT2D eigenvalue weighted by atomic mass is 9.68. The number of hydrogen-bond donors (Lipinski definition) is 2. The SMILES string of the molecule is CC[C@@H](C[C@@H](O)C(C)(C)CC(C)(C)CC)C[C@](N)(CCC1CCCCC1)C(=O)OC. The van der Waals surface area contributed by atoms with Crippen LogP contribution < -0.4 is 5.73 Å². The Morgan fingerprint density at radius 1 is 1.13 bits per heavy atom. The molecule has 0 radical (unpaired) electrons. The highest BCUT2D eigenvalue weighted by Gasteiger charge is 2.40. The average Bonchev–Trinajstić information content (AvgIpc) is 2.71. The Morgan fingerprint density at radius 2 is 1.73 bits per heavy atom. The second-order valence-electron chi connectivity index (χ2n) is 11.6. The van der Waals surface area contributed by atoms with Gasteiger partial charge in [0.05, 0.1) is 13.2 Å². The number of aliphatic hydroxyl groups is 1. The normalized spacial score (nSPS) is 20.4. The Balaban J connectivity index is 2.80. The summed E-state index contributed by atoms with van der Waals surface area (Å²) in [5.41, 5.74) is 5.79. The molecule has 1 aliphatic rings. The molecule has 0 bridgehead atoms. The van der Waals surface area contributed by atoms with Crippen molar-refractivity contribution in [2.75, 3.05) is 7.11 Å². The zero-order valence-corrected chi connectivity index (χ0v) is 21.1. The number of methoxy groups -OCH3 is 1. The van der Waals surface area contributed by atoms with Gasteiger partial charge in [0, 0.05) is 0 Å². The van der Waals surface area contributed by atoms with E-state index < -0.39 is 11.6 Å². The first-order valence-corrected chi connectivity index (χ1v) is 12.4. The van der Waals surface area contributed by atoms with Crippen molar-refractivity contribution in [3.8, 4) is 0 Å². The summed E-state index contributed by atoms with van der Waals surface area (Å²) in [6.07, 6.45) is 12.0. The number of esters is 1. The number of hydrogen-bond acceptors (Lipinski definition) is 4. The lowest BCUT2D eigenvalue weighted by Gasteiger charge is -2.40. The van der Waals surface area contributed by atoms with Crippen LogP contribution in [0.5, 0.6) is 0 Å². The molecule has 0 saturated heterocycles. The van der Waals surface area contributed by atoms with Crippen LogP contribution in [-0.4, -0.2) is 29.8 Å². The molecule has 3 atom stereocenters. The quantitative estimate of drug-likeness (QED) is 0.343. The Kier molecular flexibility index (Phi) is 10.8. The Labute approximate surface area is 186 Å². The lowest BCUT2D eigenvalue weighted by Crippen LogP contribution is -2.51. The second-order valence-corrected chi connectivity index (χ2v) is 11.6. The molecular weight excluding hydrogens is 374 g/mol. The van der Waals surface area contributed by atoms with Gasteiger partial charge in [-0.05, 0) is 54.8 Å². The van der Waals surface area contributed by atoms with E-state index in [4.69, 9.17) is 10.5 Å². The Morgan fingerprint density at radius 3 is 2.23 bits per heavy atom. The molecule has 0 amide bonds. The summed E-state index contributed by atoms with van der Waals surface area (Å²) in [7, 11) is 1.44. The lowest BCUT2D eigenvalue weighted by molar-refractivity contribution is -0.148. The van der Waals surface area contributed by atoms with Crippen LogP contribution in [0, 0.1) is 22.7 Å². The molecule has 1 fully saturated rings. The number of aliphatic hydroxyl groups excluding tert-OH is 1. The van der Waals surface area contributed by atoms with Crippen LogP contribution in [-0.2, 0) is 9.53 Å². The molecule has 0 aromatic rings. The van der Waals surface area contributed by atoms with Gasteiger partial charge in [0.1, 0.15) is 5.54 Å². The predicted molar refractivity (Wildman–Crippen MR) is 126 cm³/mol. The zero-order chi connectivity index (χ0) is 23.0. The van der Waals surface area contributed by atoms with E-state index in [1.807, 2.05) is 0 Å². The average molecular weight is 426 g/mol. The maximum absolute atomic E-state index is 12.7. The van der Waals surface area contributed by atoms with Gasteiger partial charge in [-0.1, -0.05) is 86.5 Å². The monoisotopic (exact) mass is 425 g/mol. The van der Waals surface area contributed by atoms with Crippen LogP contribution in [0.25, 0.3) is 0 Å². The third-order valence-electron chi connectivity index (χ3n) is 7.90. The molecule has 1 rings (SSSR count). The summed E-state index contributed by atoms with van der Waals surface area (Å²) in [6.45, 7) is 13.2. The molecular formula is C26H51NO3. The largest absolute Gasteiger partial charge is 0.468 e.